The first-order valence-electron chi connectivity index (χ1n) is 13.2. The van der Waals surface area contributed by atoms with Gasteiger partial charge < -0.3 is 14.6 Å². The fourth-order valence-electron chi connectivity index (χ4n) is 5.62. The topological polar surface area (TPSA) is 76.1 Å². The third-order valence-corrected chi connectivity index (χ3v) is 8.89. The minimum Gasteiger partial charge on any atom is -0.505 e. The number of hydrogen-bond acceptors (Lipinski definition) is 6. The van der Waals surface area contributed by atoms with E-state index in [1.54, 1.807) is 18.2 Å². The Kier molecular flexibility index (Phi) is 7.44. The summed E-state index contributed by atoms with van der Waals surface area (Å²) in [5.41, 5.74) is 3.53. The third-order valence-electron chi connectivity index (χ3n) is 7.78. The largest absolute Gasteiger partial charge is 0.505 e. The van der Waals surface area contributed by atoms with Crippen LogP contribution in [0.1, 0.15) is 56.4 Å². The van der Waals surface area contributed by atoms with Crippen LogP contribution in [0.4, 0.5) is 4.39 Å². The highest BCUT2D eigenvalue weighted by Crippen LogP contribution is 2.48. The van der Waals surface area contributed by atoms with E-state index in [0.29, 0.717) is 35.6 Å². The molecule has 3 unspecified atom stereocenters. The van der Waals surface area contributed by atoms with E-state index in [9.17, 15) is 17.9 Å². The molecule has 2 heterocycles. The van der Waals surface area contributed by atoms with E-state index in [4.69, 9.17) is 9.47 Å². The zero-order valence-electron chi connectivity index (χ0n) is 22.6. The number of phenols is 1. The minimum absolute atomic E-state index is 0.192. The highest BCUT2D eigenvalue weighted by atomic mass is 32.2. The number of phenolic OH excluding ortho intramolecular Hbond substituents is 1. The van der Waals surface area contributed by atoms with E-state index in [-0.39, 0.29) is 4.90 Å². The second kappa shape index (κ2) is 10.7. The Bertz CT molecular complexity index is 1520. The second-order valence-electron chi connectivity index (χ2n) is 10.6. The summed E-state index contributed by atoms with van der Waals surface area (Å²) in [5.74, 6) is -0.192. The van der Waals surface area contributed by atoms with Gasteiger partial charge in [0.25, 0.3) is 0 Å². The molecule has 2 aliphatic rings. The summed E-state index contributed by atoms with van der Waals surface area (Å²) in [6, 6.07) is 17.7. The lowest BCUT2D eigenvalue weighted by Crippen LogP contribution is -2.39. The van der Waals surface area contributed by atoms with Crippen molar-refractivity contribution in [1.29, 1.82) is 0 Å². The van der Waals surface area contributed by atoms with Crippen LogP contribution in [-0.4, -0.2) is 49.9 Å². The molecule has 0 amide bonds. The molecule has 0 radical (unpaired) electrons. The fraction of sp³-hybridized carbons (Fsp3) is 0.355. The fourth-order valence-corrected chi connectivity index (χ4v) is 6.29. The molecule has 1 N–H and O–H groups in total. The Balaban J connectivity index is 1.48. The van der Waals surface area contributed by atoms with E-state index in [0.717, 1.165) is 29.0 Å². The van der Waals surface area contributed by atoms with E-state index in [1.807, 2.05) is 37.3 Å². The molecule has 3 atom stereocenters. The van der Waals surface area contributed by atoms with Gasteiger partial charge in [-0.25, -0.2) is 12.8 Å². The summed E-state index contributed by atoms with van der Waals surface area (Å²) in [6.45, 7) is 7.99. The van der Waals surface area contributed by atoms with Crippen LogP contribution in [0, 0.1) is 5.82 Å². The predicted molar refractivity (Wildman–Crippen MR) is 150 cm³/mol. The molecular formula is C31H34FNO5S. The number of fused-ring (bicyclic) bond motifs is 1. The van der Waals surface area contributed by atoms with Crippen LogP contribution >= 0.6 is 0 Å². The number of aromatic hydroxyl groups is 1. The summed E-state index contributed by atoms with van der Waals surface area (Å²) in [6.07, 6.45) is 2.98. The van der Waals surface area contributed by atoms with Crippen molar-refractivity contribution < 1.29 is 27.4 Å². The number of ether oxygens (including phenoxy) is 2. The van der Waals surface area contributed by atoms with Gasteiger partial charge in [-0.3, -0.25) is 4.90 Å². The molecule has 1 fully saturated rings. The van der Waals surface area contributed by atoms with Crippen LogP contribution in [0.15, 0.2) is 65.6 Å². The zero-order valence-corrected chi connectivity index (χ0v) is 23.5. The normalized spacial score (nSPS) is 20.4. The van der Waals surface area contributed by atoms with E-state index in [1.165, 1.54) is 31.2 Å². The van der Waals surface area contributed by atoms with Gasteiger partial charge in [0.05, 0.1) is 4.90 Å². The van der Waals surface area contributed by atoms with Crippen LogP contribution in [-0.2, 0) is 9.84 Å². The van der Waals surface area contributed by atoms with Gasteiger partial charge in [-0.2, -0.15) is 0 Å². The number of sulfone groups is 1. The highest BCUT2D eigenvalue weighted by Gasteiger charge is 2.31. The van der Waals surface area contributed by atoms with Gasteiger partial charge in [0.15, 0.2) is 21.4 Å². The van der Waals surface area contributed by atoms with Gasteiger partial charge >= 0.3 is 0 Å². The van der Waals surface area contributed by atoms with Crippen LogP contribution in [0.5, 0.6) is 17.2 Å². The lowest BCUT2D eigenvalue weighted by atomic mass is 9.86. The minimum atomic E-state index is -3.44. The number of halogens is 1. The van der Waals surface area contributed by atoms with Gasteiger partial charge in [-0.1, -0.05) is 24.3 Å². The summed E-state index contributed by atoms with van der Waals surface area (Å²) in [4.78, 5) is 2.67. The van der Waals surface area contributed by atoms with Gasteiger partial charge in [-0.05, 0) is 87.2 Å². The SMILES string of the molecule is CC1=C(c2cccc(S(C)(=O)=O)c2)C(c2ccc(OCC(C)N3CCCC3C)cc2)Oc2cc(F)c(O)cc21. The van der Waals surface area contributed by atoms with Gasteiger partial charge in [-0.15, -0.1) is 0 Å². The number of benzene rings is 3. The van der Waals surface area contributed by atoms with Crippen molar-refractivity contribution in [3.05, 3.63) is 83.2 Å². The molecule has 0 saturated carbocycles. The molecular weight excluding hydrogens is 517 g/mol. The maximum atomic E-state index is 14.3. The van der Waals surface area contributed by atoms with Gasteiger partial charge in [0, 0.05) is 35.5 Å². The van der Waals surface area contributed by atoms with Crippen molar-refractivity contribution in [1.82, 2.24) is 4.90 Å². The first-order chi connectivity index (χ1) is 18.5. The molecule has 8 heteroatoms. The summed E-state index contributed by atoms with van der Waals surface area (Å²) in [7, 11) is -3.44. The summed E-state index contributed by atoms with van der Waals surface area (Å²) in [5, 5.41) is 10.0. The summed E-state index contributed by atoms with van der Waals surface area (Å²) >= 11 is 0. The van der Waals surface area contributed by atoms with E-state index < -0.39 is 27.5 Å². The molecule has 6 nitrogen and oxygen atoms in total. The highest BCUT2D eigenvalue weighted by molar-refractivity contribution is 7.90. The molecule has 0 bridgehead atoms. The molecule has 3 aromatic rings. The van der Waals surface area contributed by atoms with Gasteiger partial charge in [0.2, 0.25) is 0 Å². The lowest BCUT2D eigenvalue weighted by molar-refractivity contribution is 0.141. The van der Waals surface area contributed by atoms with E-state index in [2.05, 4.69) is 18.7 Å². The molecule has 0 spiro atoms. The van der Waals surface area contributed by atoms with Crippen molar-refractivity contribution in [2.75, 3.05) is 19.4 Å². The molecule has 0 aromatic heterocycles. The van der Waals surface area contributed by atoms with Crippen LogP contribution in [0.2, 0.25) is 0 Å². The Hall–Kier alpha value is -3.36. The number of nitrogens with zero attached hydrogens (tertiary/aromatic N) is 1. The standard InChI is InChI=1S/C31H34FNO5S/c1-19-7-6-14-33(19)20(2)18-37-24-12-10-22(11-13-24)31-30(23-8-5-9-25(15-23)39(4,35)36)21(3)26-16-28(34)27(32)17-29(26)38-31/h5,8-13,15-17,19-20,31,34H,6-7,14,18H2,1-4H3. The number of likely N-dealkylation sites (tertiary alicyclic amines) is 1. The molecule has 3 aromatic carbocycles. The predicted octanol–water partition coefficient (Wildman–Crippen LogP) is 6.25. The molecule has 1 saturated heterocycles. The summed E-state index contributed by atoms with van der Waals surface area (Å²) < 4.78 is 51.3. The maximum Gasteiger partial charge on any atom is 0.175 e. The quantitative estimate of drug-likeness (QED) is 0.374. The lowest BCUT2D eigenvalue weighted by Gasteiger charge is -2.31. The van der Waals surface area contributed by atoms with Crippen LogP contribution in [0.25, 0.3) is 11.1 Å². The molecule has 2 aliphatic heterocycles. The molecule has 39 heavy (non-hydrogen) atoms. The Morgan fingerprint density at radius 3 is 2.56 bits per heavy atom. The smallest absolute Gasteiger partial charge is 0.175 e. The monoisotopic (exact) mass is 551 g/mol. The molecule has 206 valence electrons. The number of rotatable bonds is 7. The second-order valence-corrected chi connectivity index (χ2v) is 12.6. The van der Waals surface area contributed by atoms with Crippen LogP contribution in [0.3, 0.4) is 0 Å². The first-order valence-corrected chi connectivity index (χ1v) is 15.1. The van der Waals surface area contributed by atoms with E-state index >= 15 is 0 Å². The molecule has 5 rings (SSSR count). The average molecular weight is 552 g/mol. The zero-order chi connectivity index (χ0) is 27.9. The van der Waals surface area contributed by atoms with Crippen molar-refractivity contribution in [3.8, 4) is 17.2 Å². The third kappa shape index (κ3) is 5.54. The molecule has 0 aliphatic carbocycles. The Morgan fingerprint density at radius 1 is 1.15 bits per heavy atom. The number of allylic oxidation sites excluding steroid dienone is 1. The van der Waals surface area contributed by atoms with Crippen molar-refractivity contribution >= 4 is 21.0 Å². The number of hydrogen-bond donors (Lipinski definition) is 1. The Morgan fingerprint density at radius 2 is 1.90 bits per heavy atom. The van der Waals surface area contributed by atoms with Crippen molar-refractivity contribution in [2.24, 2.45) is 0 Å². The maximum absolute atomic E-state index is 14.3. The Labute approximate surface area is 229 Å². The van der Waals surface area contributed by atoms with Crippen molar-refractivity contribution in [3.63, 3.8) is 0 Å². The average Bonchev–Trinajstić information content (AvgIpc) is 3.34. The van der Waals surface area contributed by atoms with Crippen molar-refractivity contribution in [2.45, 2.75) is 56.7 Å². The van der Waals surface area contributed by atoms with Gasteiger partial charge in [0.1, 0.15) is 24.2 Å². The first kappa shape index (κ1) is 27.2. The van der Waals surface area contributed by atoms with Crippen LogP contribution < -0.4 is 9.47 Å².